The van der Waals surface area contributed by atoms with Gasteiger partial charge in [-0.15, -0.1) is 0 Å². The van der Waals surface area contributed by atoms with Gasteiger partial charge in [-0.25, -0.2) is 4.39 Å². The molecule has 0 saturated heterocycles. The van der Waals surface area contributed by atoms with Crippen molar-refractivity contribution in [2.45, 2.75) is 4.90 Å². The van der Waals surface area contributed by atoms with Gasteiger partial charge in [0, 0.05) is 0 Å². The van der Waals surface area contributed by atoms with Crippen LogP contribution < -0.4 is 0 Å². The van der Waals surface area contributed by atoms with Crippen molar-refractivity contribution in [2.24, 2.45) is 0 Å². The van der Waals surface area contributed by atoms with E-state index < -0.39 is 10.7 Å². The van der Waals surface area contributed by atoms with E-state index in [-0.39, 0.29) is 5.82 Å². The maximum absolute atomic E-state index is 12.7. The van der Waals surface area contributed by atoms with Crippen LogP contribution in [0.15, 0.2) is 29.2 Å². The minimum atomic E-state index is -0.716. The van der Waals surface area contributed by atoms with Crippen LogP contribution in [0.25, 0.3) is 0 Å². The molecule has 0 saturated carbocycles. The van der Waals surface area contributed by atoms with Crippen molar-refractivity contribution < 1.29 is 4.39 Å². The Morgan fingerprint density at radius 1 is 1.40 bits per heavy atom. The Morgan fingerprint density at radius 2 is 2.00 bits per heavy atom. The molecule has 0 bridgehead atoms. The molecule has 0 spiro atoms. The molecule has 1 unspecified atom stereocenters. The van der Waals surface area contributed by atoms with Gasteiger partial charge >= 0.3 is 0 Å². The minimum Gasteiger partial charge on any atom is -0.276 e. The van der Waals surface area contributed by atoms with E-state index in [2.05, 4.69) is 0 Å². The highest BCUT2D eigenvalue weighted by Crippen LogP contribution is 2.09. The molecular weight excluding hydrogens is 149 g/mol. The molecule has 54 valence electrons. The van der Waals surface area contributed by atoms with Crippen LogP contribution in [0.1, 0.15) is 0 Å². The number of halogens is 1. The van der Waals surface area contributed by atoms with Crippen molar-refractivity contribution in [3.8, 4) is 0 Å². The van der Waals surface area contributed by atoms with Gasteiger partial charge in [0.1, 0.15) is 5.82 Å². The van der Waals surface area contributed by atoms with Crippen molar-refractivity contribution in [3.63, 3.8) is 0 Å². The molecular formula is C7H8FNS. The number of nitrogens with one attached hydrogen (secondary N) is 1. The molecule has 0 fully saturated rings. The molecule has 1 aromatic carbocycles. The zero-order valence-corrected chi connectivity index (χ0v) is 6.41. The van der Waals surface area contributed by atoms with E-state index in [1.807, 2.05) is 0 Å². The minimum absolute atomic E-state index is 0.275. The second-order valence-corrected chi connectivity index (χ2v) is 3.40. The van der Waals surface area contributed by atoms with Gasteiger partial charge in [-0.05, 0) is 18.4 Å². The normalized spacial score (nSPS) is 13.0. The van der Waals surface area contributed by atoms with Crippen molar-refractivity contribution in [3.05, 3.63) is 30.1 Å². The summed E-state index contributed by atoms with van der Waals surface area (Å²) in [5, 5.41) is 0. The van der Waals surface area contributed by atoms with Crippen LogP contribution in [-0.4, -0.2) is 6.26 Å². The van der Waals surface area contributed by atoms with E-state index >= 15 is 0 Å². The molecule has 10 heavy (non-hydrogen) atoms. The SMILES string of the molecule is CS(=N)c1ccccc1F. The van der Waals surface area contributed by atoms with Gasteiger partial charge in [0.15, 0.2) is 0 Å². The maximum atomic E-state index is 12.7. The molecule has 0 radical (unpaired) electrons. The number of hydrogen-bond donors (Lipinski definition) is 1. The van der Waals surface area contributed by atoms with Crippen molar-refractivity contribution in [2.75, 3.05) is 6.26 Å². The number of benzene rings is 1. The molecule has 0 heterocycles. The van der Waals surface area contributed by atoms with Crippen LogP contribution in [-0.2, 0) is 10.7 Å². The lowest BCUT2D eigenvalue weighted by Gasteiger charge is -1.98. The van der Waals surface area contributed by atoms with Crippen molar-refractivity contribution in [1.29, 1.82) is 4.78 Å². The molecule has 0 aromatic heterocycles. The molecule has 0 aliphatic heterocycles. The topological polar surface area (TPSA) is 23.9 Å². The molecule has 1 aromatic rings. The number of rotatable bonds is 1. The van der Waals surface area contributed by atoms with Gasteiger partial charge in [-0.1, -0.05) is 22.8 Å². The average Bonchev–Trinajstić information content (AvgIpc) is 1.88. The molecule has 0 aliphatic rings. The van der Waals surface area contributed by atoms with Crippen LogP contribution >= 0.6 is 0 Å². The fourth-order valence-corrected chi connectivity index (χ4v) is 1.34. The van der Waals surface area contributed by atoms with Gasteiger partial charge < -0.3 is 0 Å². The zero-order chi connectivity index (χ0) is 7.56. The lowest BCUT2D eigenvalue weighted by atomic mass is 10.4. The van der Waals surface area contributed by atoms with Gasteiger partial charge in [0.2, 0.25) is 0 Å². The smallest absolute Gasteiger partial charge is 0.137 e. The highest BCUT2D eigenvalue weighted by molar-refractivity contribution is 7.85. The molecule has 0 amide bonds. The van der Waals surface area contributed by atoms with E-state index in [1.54, 1.807) is 24.5 Å². The van der Waals surface area contributed by atoms with E-state index in [0.29, 0.717) is 4.90 Å². The fourth-order valence-electron chi connectivity index (χ4n) is 0.693. The first kappa shape index (κ1) is 7.41. The summed E-state index contributed by atoms with van der Waals surface area (Å²) in [6.45, 7) is 0. The zero-order valence-electron chi connectivity index (χ0n) is 5.60. The predicted octanol–water partition coefficient (Wildman–Crippen LogP) is 2.20. The van der Waals surface area contributed by atoms with Crippen LogP contribution in [0.2, 0.25) is 0 Å². The van der Waals surface area contributed by atoms with E-state index in [1.165, 1.54) is 6.07 Å². The maximum Gasteiger partial charge on any atom is 0.137 e. The highest BCUT2D eigenvalue weighted by atomic mass is 32.2. The van der Waals surface area contributed by atoms with Crippen LogP contribution in [0.3, 0.4) is 0 Å². The van der Waals surface area contributed by atoms with Crippen LogP contribution in [0, 0.1) is 10.6 Å². The Balaban J connectivity index is 3.15. The predicted molar refractivity (Wildman–Crippen MR) is 40.7 cm³/mol. The third-order valence-corrected chi connectivity index (χ3v) is 2.16. The van der Waals surface area contributed by atoms with Crippen molar-refractivity contribution in [1.82, 2.24) is 0 Å². The molecule has 3 heteroatoms. The average molecular weight is 157 g/mol. The third-order valence-electron chi connectivity index (χ3n) is 1.17. The second kappa shape index (κ2) is 2.92. The largest absolute Gasteiger partial charge is 0.276 e. The summed E-state index contributed by atoms with van der Waals surface area (Å²) < 4.78 is 20.0. The number of hydrogen-bond acceptors (Lipinski definition) is 1. The second-order valence-electron chi connectivity index (χ2n) is 1.94. The Morgan fingerprint density at radius 3 is 2.40 bits per heavy atom. The lowest BCUT2D eigenvalue weighted by Crippen LogP contribution is -1.88. The van der Waals surface area contributed by atoms with Gasteiger partial charge in [0.05, 0.1) is 4.90 Å². The van der Waals surface area contributed by atoms with Crippen LogP contribution in [0.5, 0.6) is 0 Å². The van der Waals surface area contributed by atoms with Crippen LogP contribution in [0.4, 0.5) is 4.39 Å². The summed E-state index contributed by atoms with van der Waals surface area (Å²) in [5.74, 6) is -0.275. The quantitative estimate of drug-likeness (QED) is 0.646. The van der Waals surface area contributed by atoms with Crippen molar-refractivity contribution >= 4 is 10.7 Å². The summed E-state index contributed by atoms with van der Waals surface area (Å²) >= 11 is 0. The van der Waals surface area contributed by atoms with Gasteiger partial charge in [-0.3, -0.25) is 4.78 Å². The molecule has 1 rings (SSSR count). The van der Waals surface area contributed by atoms with E-state index in [9.17, 15) is 4.39 Å². The Kier molecular flexibility index (Phi) is 2.17. The van der Waals surface area contributed by atoms with Gasteiger partial charge in [-0.2, -0.15) is 0 Å². The summed E-state index contributed by atoms with van der Waals surface area (Å²) in [5.41, 5.74) is 0. The molecule has 1 nitrogen and oxygen atoms in total. The highest BCUT2D eigenvalue weighted by Gasteiger charge is 1.98. The van der Waals surface area contributed by atoms with E-state index in [4.69, 9.17) is 4.78 Å². The molecule has 0 aliphatic carbocycles. The lowest BCUT2D eigenvalue weighted by molar-refractivity contribution is 0.601. The summed E-state index contributed by atoms with van der Waals surface area (Å²) in [7, 11) is -0.716. The summed E-state index contributed by atoms with van der Waals surface area (Å²) in [6.07, 6.45) is 1.68. The fraction of sp³-hybridized carbons (Fsp3) is 0.143. The monoisotopic (exact) mass is 157 g/mol. The Hall–Kier alpha value is -0.700. The Labute approximate surface area is 61.8 Å². The first-order valence-corrected chi connectivity index (χ1v) is 4.47. The molecule has 1 N–H and O–H groups in total. The first-order valence-electron chi connectivity index (χ1n) is 2.83. The Bertz CT molecular complexity index is 260. The standard InChI is InChI=1S/C7H8FNS/c1-10(9)7-5-3-2-4-6(7)8/h2-5,9H,1H3. The third kappa shape index (κ3) is 1.42. The van der Waals surface area contributed by atoms with E-state index in [0.717, 1.165) is 0 Å². The first-order chi connectivity index (χ1) is 4.72. The summed E-state index contributed by atoms with van der Waals surface area (Å²) in [6, 6.07) is 6.40. The summed E-state index contributed by atoms with van der Waals surface area (Å²) in [4.78, 5) is 0.488. The van der Waals surface area contributed by atoms with Gasteiger partial charge in [0.25, 0.3) is 0 Å². The molecule has 1 atom stereocenters.